The topological polar surface area (TPSA) is 64.1 Å². The van der Waals surface area contributed by atoms with Crippen molar-refractivity contribution in [3.8, 4) is 0 Å². The minimum absolute atomic E-state index is 0.0480. The zero-order valence-corrected chi connectivity index (χ0v) is 14.4. The first-order chi connectivity index (χ1) is 12.0. The minimum Gasteiger partial charge on any atom is -0.480 e. The first-order valence-electron chi connectivity index (χ1n) is 8.73. The Hall–Kier alpha value is -2.15. The first-order valence-corrected chi connectivity index (χ1v) is 8.73. The van der Waals surface area contributed by atoms with Gasteiger partial charge in [0.15, 0.2) is 0 Å². The summed E-state index contributed by atoms with van der Waals surface area (Å²) in [5.74, 6) is -1.20. The van der Waals surface area contributed by atoms with Crippen molar-refractivity contribution >= 4 is 17.6 Å². The number of benzene rings is 1. The van der Waals surface area contributed by atoms with E-state index >= 15 is 0 Å². The number of carboxylic acids is 1. The number of halogens is 1. The molecule has 1 saturated carbocycles. The molecule has 1 aliphatic carbocycles. The zero-order valence-electron chi connectivity index (χ0n) is 14.4. The quantitative estimate of drug-likeness (QED) is 0.841. The molecule has 1 saturated heterocycles. The number of para-hydroxylation sites is 1. The van der Waals surface area contributed by atoms with Crippen LogP contribution in [0.25, 0.3) is 0 Å². The molecule has 1 aromatic carbocycles. The van der Waals surface area contributed by atoms with Crippen molar-refractivity contribution in [3.63, 3.8) is 0 Å². The Labute approximate surface area is 146 Å². The number of carboxylic acid groups (broad SMARTS) is 1. The van der Waals surface area contributed by atoms with Gasteiger partial charge in [-0.25, -0.2) is 4.39 Å². The van der Waals surface area contributed by atoms with Crippen molar-refractivity contribution in [2.24, 2.45) is 0 Å². The molecule has 0 radical (unpaired) electrons. The van der Waals surface area contributed by atoms with Gasteiger partial charge in [-0.3, -0.25) is 14.5 Å². The number of anilines is 1. The zero-order chi connectivity index (χ0) is 18.0. The molecule has 3 rings (SSSR count). The molecule has 6 nitrogen and oxygen atoms in total. The summed E-state index contributed by atoms with van der Waals surface area (Å²) in [7, 11) is 0. The lowest BCUT2D eigenvalue weighted by Crippen LogP contribution is -2.53. The molecule has 0 spiro atoms. The summed E-state index contributed by atoms with van der Waals surface area (Å²) < 4.78 is 13.9. The molecule has 25 heavy (non-hydrogen) atoms. The molecule has 1 aliphatic heterocycles. The number of piperazine rings is 1. The molecule has 1 amide bonds. The Kier molecular flexibility index (Phi) is 5.22. The fraction of sp³-hybridized carbons (Fsp3) is 0.556. The van der Waals surface area contributed by atoms with Crippen molar-refractivity contribution in [1.29, 1.82) is 0 Å². The van der Waals surface area contributed by atoms with Gasteiger partial charge in [-0.05, 0) is 31.9 Å². The van der Waals surface area contributed by atoms with E-state index in [-0.39, 0.29) is 24.3 Å². The molecule has 1 N–H and O–H groups in total. The molecule has 7 heteroatoms. The number of rotatable bonds is 6. The van der Waals surface area contributed by atoms with E-state index in [1.165, 1.54) is 6.07 Å². The lowest BCUT2D eigenvalue weighted by Gasteiger charge is -2.37. The van der Waals surface area contributed by atoms with Crippen molar-refractivity contribution in [3.05, 3.63) is 30.1 Å². The SMILES string of the molecule is CC(C(=O)O)N(CC(=O)N1CCN(c2ccccc2F)CC1)C1CC1. The lowest BCUT2D eigenvalue weighted by atomic mass is 10.2. The third kappa shape index (κ3) is 4.10. The summed E-state index contributed by atoms with van der Waals surface area (Å²) in [4.78, 5) is 29.3. The Morgan fingerprint density at radius 1 is 1.24 bits per heavy atom. The van der Waals surface area contributed by atoms with Gasteiger partial charge in [0, 0.05) is 32.2 Å². The standard InChI is InChI=1S/C18H24FN3O3/c1-13(18(24)25)22(14-6-7-14)12-17(23)21-10-8-20(9-11-21)16-5-3-2-4-15(16)19/h2-5,13-14H,6-12H2,1H3,(H,24,25). The van der Waals surface area contributed by atoms with Gasteiger partial charge in [-0.1, -0.05) is 12.1 Å². The highest BCUT2D eigenvalue weighted by Crippen LogP contribution is 2.29. The van der Waals surface area contributed by atoms with Gasteiger partial charge in [-0.2, -0.15) is 0 Å². The summed E-state index contributed by atoms with van der Waals surface area (Å²) in [5.41, 5.74) is 0.564. The van der Waals surface area contributed by atoms with E-state index in [1.807, 2.05) is 4.90 Å². The van der Waals surface area contributed by atoms with E-state index in [9.17, 15) is 19.1 Å². The highest BCUT2D eigenvalue weighted by molar-refractivity contribution is 5.80. The van der Waals surface area contributed by atoms with Crippen LogP contribution in [0.15, 0.2) is 24.3 Å². The second kappa shape index (κ2) is 7.39. The average Bonchev–Trinajstić information content (AvgIpc) is 3.44. The second-order valence-corrected chi connectivity index (χ2v) is 6.74. The maximum atomic E-state index is 13.9. The predicted molar refractivity (Wildman–Crippen MR) is 92.0 cm³/mol. The number of hydrogen-bond acceptors (Lipinski definition) is 4. The number of aliphatic carboxylic acids is 1. The Balaban J connectivity index is 1.56. The van der Waals surface area contributed by atoms with E-state index in [0.717, 1.165) is 12.8 Å². The predicted octanol–water partition coefficient (Wildman–Crippen LogP) is 1.41. The number of carbonyl (C=O) groups excluding carboxylic acids is 1. The van der Waals surface area contributed by atoms with Gasteiger partial charge >= 0.3 is 5.97 Å². The normalized spacial score (nSPS) is 19.2. The molecular weight excluding hydrogens is 325 g/mol. The highest BCUT2D eigenvalue weighted by Gasteiger charge is 2.37. The van der Waals surface area contributed by atoms with Gasteiger partial charge in [0.25, 0.3) is 0 Å². The van der Waals surface area contributed by atoms with Crippen LogP contribution in [-0.2, 0) is 9.59 Å². The lowest BCUT2D eigenvalue weighted by molar-refractivity contribution is -0.144. The fourth-order valence-corrected chi connectivity index (χ4v) is 3.29. The van der Waals surface area contributed by atoms with Crippen LogP contribution < -0.4 is 4.90 Å². The van der Waals surface area contributed by atoms with Crippen LogP contribution in [0.1, 0.15) is 19.8 Å². The molecule has 1 unspecified atom stereocenters. The average molecular weight is 349 g/mol. The molecule has 0 aromatic heterocycles. The summed E-state index contributed by atoms with van der Waals surface area (Å²) in [6.07, 6.45) is 1.90. The summed E-state index contributed by atoms with van der Waals surface area (Å²) in [6, 6.07) is 6.20. The van der Waals surface area contributed by atoms with Crippen molar-refractivity contribution < 1.29 is 19.1 Å². The van der Waals surface area contributed by atoms with E-state index < -0.39 is 12.0 Å². The second-order valence-electron chi connectivity index (χ2n) is 6.74. The summed E-state index contributed by atoms with van der Waals surface area (Å²) in [5, 5.41) is 9.23. The largest absolute Gasteiger partial charge is 0.480 e. The maximum Gasteiger partial charge on any atom is 0.320 e. The number of carbonyl (C=O) groups is 2. The van der Waals surface area contributed by atoms with Crippen LogP contribution in [0.5, 0.6) is 0 Å². The van der Waals surface area contributed by atoms with Crippen LogP contribution in [-0.4, -0.2) is 71.6 Å². The van der Waals surface area contributed by atoms with Crippen LogP contribution in [0.2, 0.25) is 0 Å². The van der Waals surface area contributed by atoms with Crippen LogP contribution >= 0.6 is 0 Å². The van der Waals surface area contributed by atoms with Crippen molar-refractivity contribution in [2.45, 2.75) is 31.8 Å². The molecule has 2 fully saturated rings. The van der Waals surface area contributed by atoms with E-state index in [0.29, 0.717) is 31.9 Å². The number of amides is 1. The van der Waals surface area contributed by atoms with E-state index in [1.54, 1.807) is 34.9 Å². The summed E-state index contributed by atoms with van der Waals surface area (Å²) in [6.45, 7) is 3.96. The van der Waals surface area contributed by atoms with Crippen LogP contribution in [0.4, 0.5) is 10.1 Å². The monoisotopic (exact) mass is 349 g/mol. The van der Waals surface area contributed by atoms with Crippen LogP contribution in [0, 0.1) is 5.82 Å². The van der Waals surface area contributed by atoms with Gasteiger partial charge in [0.2, 0.25) is 5.91 Å². The molecule has 1 aromatic rings. The van der Waals surface area contributed by atoms with Gasteiger partial charge in [0.05, 0.1) is 12.2 Å². The van der Waals surface area contributed by atoms with Gasteiger partial charge < -0.3 is 14.9 Å². The molecule has 136 valence electrons. The molecule has 2 aliphatic rings. The third-order valence-corrected chi connectivity index (χ3v) is 5.01. The number of hydrogen-bond donors (Lipinski definition) is 1. The van der Waals surface area contributed by atoms with E-state index in [2.05, 4.69) is 0 Å². The molecule has 1 heterocycles. The molecular formula is C18H24FN3O3. The Bertz CT molecular complexity index is 642. The van der Waals surface area contributed by atoms with Crippen molar-refractivity contribution in [2.75, 3.05) is 37.6 Å². The Morgan fingerprint density at radius 2 is 1.88 bits per heavy atom. The van der Waals surface area contributed by atoms with E-state index in [4.69, 9.17) is 0 Å². The maximum absolute atomic E-state index is 13.9. The van der Waals surface area contributed by atoms with Gasteiger partial charge in [-0.15, -0.1) is 0 Å². The third-order valence-electron chi connectivity index (χ3n) is 5.01. The molecule has 1 atom stereocenters. The van der Waals surface area contributed by atoms with Gasteiger partial charge in [0.1, 0.15) is 11.9 Å². The Morgan fingerprint density at radius 3 is 2.44 bits per heavy atom. The molecule has 0 bridgehead atoms. The first kappa shape index (κ1) is 17.7. The summed E-state index contributed by atoms with van der Waals surface area (Å²) >= 11 is 0. The smallest absolute Gasteiger partial charge is 0.320 e. The number of nitrogens with zero attached hydrogens (tertiary/aromatic N) is 3. The fourth-order valence-electron chi connectivity index (χ4n) is 3.29. The minimum atomic E-state index is -0.899. The highest BCUT2D eigenvalue weighted by atomic mass is 19.1. The van der Waals surface area contributed by atoms with Crippen LogP contribution in [0.3, 0.4) is 0 Å². The van der Waals surface area contributed by atoms with Crippen molar-refractivity contribution in [1.82, 2.24) is 9.80 Å².